The maximum atomic E-state index is 5.59. The zero-order valence-electron chi connectivity index (χ0n) is 59.0. The normalized spacial score (nSPS) is 22.9. The van der Waals surface area contributed by atoms with Gasteiger partial charge in [0.05, 0.1) is 0 Å². The minimum absolute atomic E-state index is 0.0348. The second-order valence-electron chi connectivity index (χ2n) is 32.0. The molecule has 482 valence electrons. The van der Waals surface area contributed by atoms with Gasteiger partial charge in [-0.25, -0.2) is 0 Å². The number of piperidine rings is 4. The first-order valence-electron chi connectivity index (χ1n) is 34.1. The fourth-order valence-corrected chi connectivity index (χ4v) is 15.6. The molecule has 2 aromatic rings. The second kappa shape index (κ2) is 28.0. The van der Waals surface area contributed by atoms with E-state index in [0.717, 1.165) is 191 Å². The lowest BCUT2D eigenvalue weighted by Crippen LogP contribution is -2.63. The van der Waals surface area contributed by atoms with Crippen molar-refractivity contribution < 1.29 is 0 Å². The van der Waals surface area contributed by atoms with E-state index in [-0.39, 0.29) is 44.3 Å². The van der Waals surface area contributed by atoms with Crippen molar-refractivity contribution in [1.29, 1.82) is 0 Å². The van der Waals surface area contributed by atoms with E-state index in [4.69, 9.17) is 29.9 Å². The number of hydrogen-bond donors (Lipinski definition) is 2. The third kappa shape index (κ3) is 16.9. The molecule has 16 heteroatoms. The maximum Gasteiger partial charge on any atom is 0.232 e. The number of aromatic nitrogens is 6. The van der Waals surface area contributed by atoms with Gasteiger partial charge in [-0.15, -0.1) is 0 Å². The summed E-state index contributed by atoms with van der Waals surface area (Å²) in [5, 5.41) is 7.60. The van der Waals surface area contributed by atoms with E-state index < -0.39 is 0 Å². The molecule has 0 aliphatic carbocycles. The van der Waals surface area contributed by atoms with E-state index in [0.29, 0.717) is 36.1 Å². The van der Waals surface area contributed by atoms with Crippen molar-refractivity contribution in [2.45, 2.75) is 335 Å². The molecule has 6 heterocycles. The van der Waals surface area contributed by atoms with Crippen molar-refractivity contribution in [1.82, 2.24) is 49.5 Å². The van der Waals surface area contributed by atoms with Gasteiger partial charge >= 0.3 is 0 Å². The predicted octanol–water partition coefficient (Wildman–Crippen LogP) is 14.2. The van der Waals surface area contributed by atoms with E-state index in [1.165, 1.54) is 0 Å². The number of nitrogens with one attached hydrogen (secondary N) is 2. The van der Waals surface area contributed by atoms with Gasteiger partial charge in [0, 0.05) is 108 Å². The Balaban J connectivity index is 1.25. The first-order valence-corrected chi connectivity index (χ1v) is 34.1. The highest BCUT2D eigenvalue weighted by Gasteiger charge is 2.50. The lowest BCUT2D eigenvalue weighted by Gasteiger charge is -2.56. The molecule has 6 rings (SSSR count). The van der Waals surface area contributed by atoms with E-state index in [1.807, 2.05) is 0 Å². The van der Waals surface area contributed by atoms with Gasteiger partial charge < -0.3 is 30.2 Å². The van der Waals surface area contributed by atoms with Crippen LogP contribution in [-0.2, 0) is 0 Å². The zero-order valence-corrected chi connectivity index (χ0v) is 59.0. The van der Waals surface area contributed by atoms with Gasteiger partial charge in [0.1, 0.15) is 0 Å². The van der Waals surface area contributed by atoms with Gasteiger partial charge in [0.2, 0.25) is 35.7 Å². The highest BCUT2D eigenvalue weighted by Crippen LogP contribution is 2.45. The fraction of sp³-hybridized carbons (Fsp3) is 0.912. The Morgan fingerprint density at radius 1 is 0.310 bits per heavy atom. The molecule has 16 nitrogen and oxygen atoms in total. The summed E-state index contributed by atoms with van der Waals surface area (Å²) in [5.41, 5.74) is 0.278. The van der Waals surface area contributed by atoms with E-state index in [9.17, 15) is 0 Å². The molecule has 4 aliphatic rings. The fourth-order valence-electron chi connectivity index (χ4n) is 15.6. The average Bonchev–Trinajstić information content (AvgIpc) is 3.27. The number of anilines is 6. The van der Waals surface area contributed by atoms with E-state index >= 15 is 0 Å². The quantitative estimate of drug-likeness (QED) is 0.0750. The zero-order chi connectivity index (χ0) is 62.4. The molecule has 0 spiro atoms. The molecule has 0 aromatic carbocycles. The summed E-state index contributed by atoms with van der Waals surface area (Å²) < 4.78 is 0. The Morgan fingerprint density at radius 2 is 0.500 bits per heavy atom. The molecule has 4 fully saturated rings. The summed E-state index contributed by atoms with van der Waals surface area (Å²) in [6, 6.07) is 1.25. The van der Waals surface area contributed by atoms with Gasteiger partial charge in [0.15, 0.2) is 0 Å². The topological polar surface area (TPSA) is 127 Å². The summed E-state index contributed by atoms with van der Waals surface area (Å²) in [5.74, 6) is 4.75. The Bertz CT molecular complexity index is 1980. The van der Waals surface area contributed by atoms with Crippen LogP contribution in [0.25, 0.3) is 0 Å². The van der Waals surface area contributed by atoms with Gasteiger partial charge in [-0.05, 0) is 229 Å². The molecule has 2 aromatic heterocycles. The van der Waals surface area contributed by atoms with Crippen LogP contribution in [0.5, 0.6) is 0 Å². The average molecular weight is 1170 g/mol. The molecule has 4 aliphatic heterocycles. The van der Waals surface area contributed by atoms with Crippen molar-refractivity contribution in [2.75, 3.05) is 97.7 Å². The van der Waals surface area contributed by atoms with Gasteiger partial charge in [-0.3, -0.25) is 19.6 Å². The number of likely N-dealkylation sites (tertiary alicyclic amines) is 4. The second-order valence-corrected chi connectivity index (χ2v) is 32.0. The lowest BCUT2D eigenvalue weighted by molar-refractivity contribution is -0.0135. The molecule has 84 heavy (non-hydrogen) atoms. The predicted molar refractivity (Wildman–Crippen MR) is 360 cm³/mol. The number of hydrogen-bond acceptors (Lipinski definition) is 16. The van der Waals surface area contributed by atoms with E-state index in [2.05, 4.69) is 216 Å². The Morgan fingerprint density at radius 3 is 0.679 bits per heavy atom. The minimum atomic E-state index is 0.0348. The van der Waals surface area contributed by atoms with Crippen LogP contribution in [0.4, 0.5) is 35.7 Å². The van der Waals surface area contributed by atoms with Crippen LogP contribution in [-0.4, -0.2) is 185 Å². The molecular formula is C68H130N16. The monoisotopic (exact) mass is 1170 g/mol. The largest absolute Gasteiger partial charge is 0.354 e. The molecule has 0 atom stereocenters. The molecule has 2 N–H and O–H groups in total. The highest BCUT2D eigenvalue weighted by atomic mass is 15.4. The van der Waals surface area contributed by atoms with Crippen LogP contribution in [0.2, 0.25) is 0 Å². The molecular weight excluding hydrogens is 1040 g/mol. The summed E-state index contributed by atoms with van der Waals surface area (Å²) in [7, 11) is 9.23. The smallest absolute Gasteiger partial charge is 0.232 e. The lowest BCUT2D eigenvalue weighted by atomic mass is 9.77. The van der Waals surface area contributed by atoms with Crippen molar-refractivity contribution in [3.63, 3.8) is 0 Å². The third-order valence-corrected chi connectivity index (χ3v) is 21.8. The van der Waals surface area contributed by atoms with Crippen LogP contribution in [0, 0.1) is 0 Å². The van der Waals surface area contributed by atoms with Crippen LogP contribution in [0.1, 0.15) is 267 Å². The first kappa shape index (κ1) is 69.8. The summed E-state index contributed by atoms with van der Waals surface area (Å²) >= 11 is 0. The SMILES string of the molecule is CCCCN(c1nc(NCCCCCCNc2nc(N(CCCC)C3CC(C)(C)N(C)C(C)(C)C3)nc(N(CCCC)C3CC(C)(C)N(C)C(C)(C)C3)n2)nc(N(CCCC)C2CC(C)(C)N(C)C(C)(C)C2)n1)C1CC(C)(C)N(C)C(C)(C)C1. The standard InChI is InChI=1S/C68H130N16/c1-25-29-39-81(51-43-61(5,6)77(21)62(7,8)44-51)57-71-55(72-58(75-57)82(40-30-26-2)52-45-63(9,10)78(22)64(11,12)46-52)69-37-35-33-34-36-38-70-56-73-59(83(41-31-27-3)53-47-65(13,14)79(23)66(15,16)48-53)76-60(74-56)84(42-32-28-4)54-49-67(17,18)80(24)68(19,20)50-54/h51-54H,25-50H2,1-24H3,(H,69,71,72,75)(H,70,73,74,76). The van der Waals surface area contributed by atoms with Crippen molar-refractivity contribution >= 4 is 35.7 Å². The number of nitrogens with zero attached hydrogens (tertiary/aromatic N) is 14. The van der Waals surface area contributed by atoms with Gasteiger partial charge in [-0.1, -0.05) is 66.2 Å². The molecule has 0 amide bonds. The minimum Gasteiger partial charge on any atom is -0.354 e. The Hall–Kier alpha value is -3.34. The van der Waals surface area contributed by atoms with Crippen molar-refractivity contribution in [2.24, 2.45) is 0 Å². The van der Waals surface area contributed by atoms with Gasteiger partial charge in [-0.2, -0.15) is 29.9 Å². The Kier molecular flexibility index (Phi) is 23.3. The Labute approximate surface area is 516 Å². The van der Waals surface area contributed by atoms with Gasteiger partial charge in [0.25, 0.3) is 0 Å². The van der Waals surface area contributed by atoms with Crippen molar-refractivity contribution in [3.05, 3.63) is 0 Å². The molecule has 0 unspecified atom stereocenters. The van der Waals surface area contributed by atoms with Crippen LogP contribution >= 0.6 is 0 Å². The molecule has 0 radical (unpaired) electrons. The van der Waals surface area contributed by atoms with Crippen LogP contribution in [0.15, 0.2) is 0 Å². The van der Waals surface area contributed by atoms with Crippen molar-refractivity contribution in [3.8, 4) is 0 Å². The molecule has 0 bridgehead atoms. The van der Waals surface area contributed by atoms with E-state index in [1.54, 1.807) is 0 Å². The molecule has 4 saturated heterocycles. The summed E-state index contributed by atoms with van der Waals surface area (Å²) in [6.45, 7) is 53.2. The summed E-state index contributed by atoms with van der Waals surface area (Å²) in [6.07, 6.45) is 21.6. The first-order chi connectivity index (χ1) is 39.1. The number of rotatable bonds is 29. The summed E-state index contributed by atoms with van der Waals surface area (Å²) in [4.78, 5) is 53.5. The number of unbranched alkanes of at least 4 members (excludes halogenated alkanes) is 7. The highest BCUT2D eigenvalue weighted by molar-refractivity contribution is 5.49. The van der Waals surface area contributed by atoms with Crippen LogP contribution < -0.4 is 30.2 Å². The molecule has 0 saturated carbocycles. The maximum absolute atomic E-state index is 5.59. The third-order valence-electron chi connectivity index (χ3n) is 21.8. The van der Waals surface area contributed by atoms with Crippen LogP contribution in [0.3, 0.4) is 0 Å².